The highest BCUT2D eigenvalue weighted by molar-refractivity contribution is 7.99. The number of rotatable bonds is 5. The summed E-state index contributed by atoms with van der Waals surface area (Å²) >= 11 is 13.4. The van der Waals surface area contributed by atoms with Gasteiger partial charge in [0.25, 0.3) is 5.91 Å². The first-order valence-electron chi connectivity index (χ1n) is 9.39. The van der Waals surface area contributed by atoms with Crippen molar-refractivity contribution in [2.75, 3.05) is 5.75 Å². The van der Waals surface area contributed by atoms with Crippen molar-refractivity contribution >= 4 is 46.8 Å². The van der Waals surface area contributed by atoms with E-state index in [0.29, 0.717) is 16.5 Å². The van der Waals surface area contributed by atoms with E-state index in [9.17, 15) is 14.7 Å². The van der Waals surface area contributed by atoms with Gasteiger partial charge in [-0.05, 0) is 48.0 Å². The third-order valence-corrected chi connectivity index (χ3v) is 6.87. The smallest absolute Gasteiger partial charge is 0.327 e. The lowest BCUT2D eigenvalue weighted by Gasteiger charge is -2.28. The largest absolute Gasteiger partial charge is 0.480 e. The minimum Gasteiger partial charge on any atom is -0.480 e. The van der Waals surface area contributed by atoms with Gasteiger partial charge in [0.1, 0.15) is 22.9 Å². The van der Waals surface area contributed by atoms with Gasteiger partial charge >= 0.3 is 5.97 Å². The summed E-state index contributed by atoms with van der Waals surface area (Å²) in [4.78, 5) is 26.6. The first kappa shape index (κ1) is 21.6. The maximum atomic E-state index is 13.3. The highest BCUT2D eigenvalue weighted by Gasteiger charge is 2.42. The zero-order chi connectivity index (χ0) is 22.0. The Labute approximate surface area is 193 Å². The molecule has 158 valence electrons. The molecule has 0 radical (unpaired) electrons. The number of carboxylic acid groups (broad SMARTS) is 1. The van der Waals surface area contributed by atoms with Crippen LogP contribution in [0.5, 0.6) is 11.5 Å². The van der Waals surface area contributed by atoms with Crippen molar-refractivity contribution in [3.05, 3.63) is 94.0 Å². The van der Waals surface area contributed by atoms with E-state index in [1.165, 1.54) is 28.8 Å². The molecule has 3 aromatic carbocycles. The van der Waals surface area contributed by atoms with Crippen LogP contribution < -0.4 is 4.74 Å². The maximum absolute atomic E-state index is 13.3. The molecule has 2 unspecified atom stereocenters. The molecular weight excluding hydrogens is 457 g/mol. The number of carbonyl (C=O) groups excluding carboxylic acids is 1. The Bertz CT molecular complexity index is 1130. The highest BCUT2D eigenvalue weighted by Crippen LogP contribution is 2.43. The molecule has 31 heavy (non-hydrogen) atoms. The van der Waals surface area contributed by atoms with Crippen LogP contribution in [0.15, 0.2) is 72.8 Å². The zero-order valence-electron chi connectivity index (χ0n) is 16.1. The van der Waals surface area contributed by atoms with Crippen molar-refractivity contribution in [3.63, 3.8) is 0 Å². The lowest BCUT2D eigenvalue weighted by atomic mass is 10.1. The summed E-state index contributed by atoms with van der Waals surface area (Å²) in [6, 6.07) is 20.2. The molecule has 0 saturated carbocycles. The van der Waals surface area contributed by atoms with Crippen LogP contribution in [0.2, 0.25) is 10.0 Å². The molecule has 8 heteroatoms. The molecule has 0 bridgehead atoms. The summed E-state index contributed by atoms with van der Waals surface area (Å²) in [6.45, 7) is 0. The Morgan fingerprint density at radius 1 is 0.935 bits per heavy atom. The van der Waals surface area contributed by atoms with E-state index in [-0.39, 0.29) is 16.3 Å². The molecule has 1 N–H and O–H groups in total. The molecule has 1 fully saturated rings. The summed E-state index contributed by atoms with van der Waals surface area (Å²) < 4.78 is 5.90. The molecule has 1 amide bonds. The predicted molar refractivity (Wildman–Crippen MR) is 122 cm³/mol. The molecule has 5 nitrogen and oxygen atoms in total. The van der Waals surface area contributed by atoms with Crippen LogP contribution in [0.1, 0.15) is 21.3 Å². The molecule has 4 rings (SSSR count). The van der Waals surface area contributed by atoms with Crippen LogP contribution in [0.4, 0.5) is 0 Å². The molecule has 1 saturated heterocycles. The maximum Gasteiger partial charge on any atom is 0.327 e. The predicted octanol–water partition coefficient (Wildman–Crippen LogP) is 6.13. The normalized spacial score (nSPS) is 18.1. The Hall–Kier alpha value is -2.67. The summed E-state index contributed by atoms with van der Waals surface area (Å²) in [7, 11) is 0. The molecule has 1 aliphatic rings. The van der Waals surface area contributed by atoms with Gasteiger partial charge in [-0.2, -0.15) is 0 Å². The number of para-hydroxylation sites is 1. The van der Waals surface area contributed by atoms with Gasteiger partial charge in [0, 0.05) is 11.3 Å². The molecule has 0 spiro atoms. The van der Waals surface area contributed by atoms with Gasteiger partial charge in [-0.3, -0.25) is 4.79 Å². The average Bonchev–Trinajstić information content (AvgIpc) is 3.22. The van der Waals surface area contributed by atoms with E-state index in [1.54, 1.807) is 6.07 Å². The van der Waals surface area contributed by atoms with Crippen molar-refractivity contribution < 1.29 is 19.4 Å². The summed E-state index contributed by atoms with van der Waals surface area (Å²) in [5.41, 5.74) is 1.06. The molecule has 0 aliphatic carbocycles. The lowest BCUT2D eigenvalue weighted by Crippen LogP contribution is -2.43. The van der Waals surface area contributed by atoms with Crippen molar-refractivity contribution in [1.82, 2.24) is 4.90 Å². The fraction of sp³-hybridized carbons (Fsp3) is 0.130. The number of benzene rings is 3. The highest BCUT2D eigenvalue weighted by atomic mass is 35.5. The second-order valence-electron chi connectivity index (χ2n) is 6.87. The van der Waals surface area contributed by atoms with Crippen LogP contribution in [0, 0.1) is 0 Å². The van der Waals surface area contributed by atoms with Crippen molar-refractivity contribution in [3.8, 4) is 11.5 Å². The zero-order valence-corrected chi connectivity index (χ0v) is 18.4. The number of nitrogens with zero attached hydrogens (tertiary/aromatic N) is 1. The number of thioether (sulfide) groups is 1. The summed E-state index contributed by atoms with van der Waals surface area (Å²) in [5, 5.41) is 9.79. The van der Waals surface area contributed by atoms with E-state index >= 15 is 0 Å². The number of halogens is 2. The van der Waals surface area contributed by atoms with Gasteiger partial charge < -0.3 is 14.7 Å². The molecular formula is C23H17Cl2NO4S. The first-order chi connectivity index (χ1) is 14.9. The fourth-order valence-electron chi connectivity index (χ4n) is 3.34. The van der Waals surface area contributed by atoms with Crippen LogP contribution in [0.3, 0.4) is 0 Å². The van der Waals surface area contributed by atoms with Gasteiger partial charge in [-0.1, -0.05) is 53.5 Å². The Morgan fingerprint density at radius 2 is 1.68 bits per heavy atom. The van der Waals surface area contributed by atoms with Gasteiger partial charge in [-0.25, -0.2) is 4.79 Å². The van der Waals surface area contributed by atoms with Gasteiger partial charge in [0.2, 0.25) is 0 Å². The van der Waals surface area contributed by atoms with E-state index in [4.69, 9.17) is 27.9 Å². The van der Waals surface area contributed by atoms with Gasteiger partial charge in [0.05, 0.1) is 10.0 Å². The fourth-order valence-corrected chi connectivity index (χ4v) is 5.04. The van der Waals surface area contributed by atoms with E-state index < -0.39 is 23.3 Å². The molecule has 1 heterocycles. The third kappa shape index (κ3) is 4.66. The Balaban J connectivity index is 1.66. The third-order valence-electron chi connectivity index (χ3n) is 4.81. The van der Waals surface area contributed by atoms with Crippen LogP contribution in [0.25, 0.3) is 0 Å². The van der Waals surface area contributed by atoms with Crippen LogP contribution in [-0.2, 0) is 4.79 Å². The number of hydrogen-bond acceptors (Lipinski definition) is 4. The topological polar surface area (TPSA) is 66.8 Å². The van der Waals surface area contributed by atoms with E-state index in [2.05, 4.69) is 0 Å². The number of hydrogen-bond donors (Lipinski definition) is 1. The second kappa shape index (κ2) is 9.22. The van der Waals surface area contributed by atoms with Crippen LogP contribution >= 0.6 is 35.0 Å². The van der Waals surface area contributed by atoms with Gasteiger partial charge in [0.15, 0.2) is 0 Å². The van der Waals surface area contributed by atoms with E-state index in [1.807, 2.05) is 54.6 Å². The number of carboxylic acids is 1. The van der Waals surface area contributed by atoms with Gasteiger partial charge in [-0.15, -0.1) is 11.8 Å². The summed E-state index contributed by atoms with van der Waals surface area (Å²) in [5.74, 6) is 0.0861. The molecule has 0 aromatic heterocycles. The summed E-state index contributed by atoms with van der Waals surface area (Å²) in [6.07, 6.45) is 0. The first-order valence-corrected chi connectivity index (χ1v) is 11.2. The lowest BCUT2D eigenvalue weighted by molar-refractivity contribution is -0.141. The van der Waals surface area contributed by atoms with Crippen molar-refractivity contribution in [1.29, 1.82) is 0 Å². The number of carbonyl (C=O) groups is 2. The minimum atomic E-state index is -1.06. The SMILES string of the molecule is O=C(O)C1CSC(c2cccc(Oc3ccccc3)c2)N1C(=O)c1ccc(Cl)c(Cl)c1. The second-order valence-corrected chi connectivity index (χ2v) is 8.80. The minimum absolute atomic E-state index is 0.237. The van der Waals surface area contributed by atoms with E-state index in [0.717, 1.165) is 5.56 Å². The Morgan fingerprint density at radius 3 is 2.39 bits per heavy atom. The molecule has 3 aromatic rings. The van der Waals surface area contributed by atoms with Crippen molar-refractivity contribution in [2.24, 2.45) is 0 Å². The van der Waals surface area contributed by atoms with Crippen LogP contribution in [-0.4, -0.2) is 33.7 Å². The molecule has 2 atom stereocenters. The number of amides is 1. The van der Waals surface area contributed by atoms with Crippen molar-refractivity contribution in [2.45, 2.75) is 11.4 Å². The Kier molecular flexibility index (Phi) is 6.41. The average molecular weight is 474 g/mol. The quantitative estimate of drug-likeness (QED) is 0.482. The number of ether oxygens (including phenoxy) is 1. The standard InChI is InChI=1S/C23H17Cl2NO4S/c24-18-10-9-14(12-19(18)25)21(27)26-20(23(28)29)13-31-22(26)15-5-4-8-17(11-15)30-16-6-2-1-3-7-16/h1-12,20,22H,13H2,(H,28,29). The molecule has 1 aliphatic heterocycles. The monoisotopic (exact) mass is 473 g/mol. The number of aliphatic carboxylic acids is 1.